The molecule has 0 aliphatic rings. The lowest BCUT2D eigenvalue weighted by atomic mass is 10.3. The van der Waals surface area contributed by atoms with Crippen molar-refractivity contribution in [3.05, 3.63) is 23.2 Å². The van der Waals surface area contributed by atoms with E-state index in [1.165, 1.54) is 0 Å². The van der Waals surface area contributed by atoms with E-state index in [0.29, 0.717) is 22.0 Å². The molecule has 5 heteroatoms. The molecule has 0 aliphatic heterocycles. The fourth-order valence-electron chi connectivity index (χ4n) is 1.12. The predicted octanol–water partition coefficient (Wildman–Crippen LogP) is 2.33. The average Bonchev–Trinajstić information content (AvgIpc) is 2.23. The van der Waals surface area contributed by atoms with E-state index >= 15 is 0 Å². The molecule has 0 aliphatic carbocycles. The minimum atomic E-state index is -1.42. The van der Waals surface area contributed by atoms with Gasteiger partial charge in [0.05, 0.1) is 26.8 Å². The third-order valence-corrected chi connectivity index (χ3v) is 4.11. The van der Waals surface area contributed by atoms with Crippen molar-refractivity contribution >= 4 is 28.1 Å². The van der Waals surface area contributed by atoms with Crippen LogP contribution in [0.15, 0.2) is 23.1 Å². The largest absolute Gasteiger partial charge is 0.399 e. The van der Waals surface area contributed by atoms with E-state index in [2.05, 4.69) is 0 Å². The van der Waals surface area contributed by atoms with Gasteiger partial charge in [-0.2, -0.15) is 5.26 Å². The van der Waals surface area contributed by atoms with E-state index < -0.39 is 16.0 Å². The Kier molecular flexibility index (Phi) is 4.13. The number of benzene rings is 1. The standard InChI is InChI=1S/C10H11ClN2OS/c1-2-8(6-12)15(14)10-5-7(13)3-4-9(10)11/h3-5,8H,2,13H2,1H3. The fraction of sp³-hybridized carbons (Fsp3) is 0.300. The number of anilines is 1. The van der Waals surface area contributed by atoms with Gasteiger partial charge >= 0.3 is 0 Å². The Morgan fingerprint density at radius 1 is 1.67 bits per heavy atom. The maximum Gasteiger partial charge on any atom is 0.126 e. The molecule has 0 saturated carbocycles. The molecule has 15 heavy (non-hydrogen) atoms. The van der Waals surface area contributed by atoms with Crippen LogP contribution in [-0.2, 0) is 10.8 Å². The summed E-state index contributed by atoms with van der Waals surface area (Å²) in [6.07, 6.45) is 0.522. The Hall–Kier alpha value is -1.05. The first-order chi connectivity index (χ1) is 7.10. The van der Waals surface area contributed by atoms with Gasteiger partial charge in [-0.25, -0.2) is 0 Å². The number of hydrogen-bond donors (Lipinski definition) is 1. The van der Waals surface area contributed by atoms with Gasteiger partial charge in [-0.3, -0.25) is 4.21 Å². The summed E-state index contributed by atoms with van der Waals surface area (Å²) in [5.41, 5.74) is 6.07. The summed E-state index contributed by atoms with van der Waals surface area (Å²) in [7, 11) is -1.42. The summed E-state index contributed by atoms with van der Waals surface area (Å²) in [4.78, 5) is 0.435. The van der Waals surface area contributed by atoms with E-state index in [4.69, 9.17) is 22.6 Å². The molecule has 2 unspecified atom stereocenters. The molecule has 1 aromatic rings. The lowest BCUT2D eigenvalue weighted by Crippen LogP contribution is -2.12. The van der Waals surface area contributed by atoms with Gasteiger partial charge in [-0.1, -0.05) is 18.5 Å². The molecule has 80 valence electrons. The molecule has 0 spiro atoms. The molecule has 0 aromatic heterocycles. The zero-order valence-corrected chi connectivity index (χ0v) is 9.81. The monoisotopic (exact) mass is 242 g/mol. The van der Waals surface area contributed by atoms with E-state index in [1.54, 1.807) is 18.2 Å². The van der Waals surface area contributed by atoms with Gasteiger partial charge in [-0.05, 0) is 24.6 Å². The van der Waals surface area contributed by atoms with Crippen LogP contribution in [0, 0.1) is 11.3 Å². The maximum atomic E-state index is 11.9. The third kappa shape index (κ3) is 2.71. The van der Waals surface area contributed by atoms with Crippen molar-refractivity contribution in [3.8, 4) is 6.07 Å². The SMILES string of the molecule is CCC(C#N)S(=O)c1cc(N)ccc1Cl. The lowest BCUT2D eigenvalue weighted by molar-refractivity contribution is 0.676. The minimum absolute atomic E-state index is 0.385. The van der Waals surface area contributed by atoms with Crippen molar-refractivity contribution in [1.82, 2.24) is 0 Å². The number of hydrogen-bond acceptors (Lipinski definition) is 3. The Morgan fingerprint density at radius 3 is 2.87 bits per heavy atom. The Balaban J connectivity index is 3.11. The van der Waals surface area contributed by atoms with Gasteiger partial charge < -0.3 is 5.73 Å². The topological polar surface area (TPSA) is 66.9 Å². The summed E-state index contributed by atoms with van der Waals surface area (Å²) < 4.78 is 11.9. The first-order valence-corrected chi connectivity index (χ1v) is 6.04. The highest BCUT2D eigenvalue weighted by Crippen LogP contribution is 2.24. The molecule has 2 N–H and O–H groups in total. The number of nitriles is 1. The molecular formula is C10H11ClN2OS. The minimum Gasteiger partial charge on any atom is -0.399 e. The summed E-state index contributed by atoms with van der Waals surface area (Å²) in [6.45, 7) is 1.81. The molecule has 2 atom stereocenters. The van der Waals surface area contributed by atoms with Crippen LogP contribution in [0.25, 0.3) is 0 Å². The van der Waals surface area contributed by atoms with Gasteiger partial charge in [-0.15, -0.1) is 0 Å². The summed E-state index contributed by atoms with van der Waals surface area (Å²) in [5, 5.41) is 8.65. The van der Waals surface area contributed by atoms with E-state index in [-0.39, 0.29) is 0 Å². The van der Waals surface area contributed by atoms with Gasteiger partial charge in [0.2, 0.25) is 0 Å². The van der Waals surface area contributed by atoms with Gasteiger partial charge in [0.25, 0.3) is 0 Å². The molecule has 0 fully saturated rings. The number of nitrogens with two attached hydrogens (primary N) is 1. The summed E-state index contributed by atoms with van der Waals surface area (Å²) in [6, 6.07) is 6.78. The van der Waals surface area contributed by atoms with Crippen LogP contribution in [0.3, 0.4) is 0 Å². The molecular weight excluding hydrogens is 232 g/mol. The molecule has 0 heterocycles. The smallest absolute Gasteiger partial charge is 0.126 e. The zero-order valence-electron chi connectivity index (χ0n) is 8.24. The fourth-order valence-corrected chi connectivity index (χ4v) is 2.68. The van der Waals surface area contributed by atoms with E-state index in [1.807, 2.05) is 13.0 Å². The molecule has 0 saturated heterocycles. The first kappa shape index (κ1) is 12.0. The number of nitrogen functional groups attached to an aromatic ring is 1. The Morgan fingerprint density at radius 2 is 2.33 bits per heavy atom. The zero-order chi connectivity index (χ0) is 11.4. The second kappa shape index (κ2) is 5.15. The normalized spacial score (nSPS) is 14.2. The predicted molar refractivity (Wildman–Crippen MR) is 62.0 cm³/mol. The summed E-state index contributed by atoms with van der Waals surface area (Å²) in [5.74, 6) is 0. The van der Waals surface area contributed by atoms with Crippen LogP contribution < -0.4 is 5.73 Å². The van der Waals surface area contributed by atoms with Gasteiger partial charge in [0, 0.05) is 5.69 Å². The molecule has 0 bridgehead atoms. The number of nitrogens with zero attached hydrogens (tertiary/aromatic N) is 1. The van der Waals surface area contributed by atoms with Crippen molar-refractivity contribution in [2.24, 2.45) is 0 Å². The average molecular weight is 243 g/mol. The lowest BCUT2D eigenvalue weighted by Gasteiger charge is -2.08. The maximum absolute atomic E-state index is 11.9. The quantitative estimate of drug-likeness (QED) is 0.828. The van der Waals surface area contributed by atoms with Crippen molar-refractivity contribution in [2.75, 3.05) is 5.73 Å². The van der Waals surface area contributed by atoms with Crippen molar-refractivity contribution in [1.29, 1.82) is 5.26 Å². The van der Waals surface area contributed by atoms with E-state index in [0.717, 1.165) is 0 Å². The Bertz CT molecular complexity index is 428. The number of rotatable bonds is 3. The second-order valence-electron chi connectivity index (χ2n) is 3.01. The van der Waals surface area contributed by atoms with Gasteiger partial charge in [0.1, 0.15) is 5.25 Å². The Labute approximate surface area is 96.3 Å². The second-order valence-corrected chi connectivity index (χ2v) is 5.02. The number of halogens is 1. The van der Waals surface area contributed by atoms with Crippen LogP contribution in [0.5, 0.6) is 0 Å². The van der Waals surface area contributed by atoms with E-state index in [9.17, 15) is 4.21 Å². The van der Waals surface area contributed by atoms with Crippen LogP contribution >= 0.6 is 11.6 Å². The highest BCUT2D eigenvalue weighted by atomic mass is 35.5. The van der Waals surface area contributed by atoms with Crippen molar-refractivity contribution in [2.45, 2.75) is 23.5 Å². The molecule has 0 radical (unpaired) electrons. The van der Waals surface area contributed by atoms with Crippen molar-refractivity contribution < 1.29 is 4.21 Å². The van der Waals surface area contributed by atoms with Crippen molar-refractivity contribution in [3.63, 3.8) is 0 Å². The van der Waals surface area contributed by atoms with Crippen LogP contribution in [0.4, 0.5) is 5.69 Å². The first-order valence-electron chi connectivity index (χ1n) is 4.45. The third-order valence-electron chi connectivity index (χ3n) is 1.95. The highest BCUT2D eigenvalue weighted by Gasteiger charge is 2.18. The molecule has 1 aromatic carbocycles. The summed E-state index contributed by atoms with van der Waals surface area (Å²) >= 11 is 5.89. The molecule has 1 rings (SSSR count). The molecule has 0 amide bonds. The van der Waals surface area contributed by atoms with Crippen LogP contribution in [0.2, 0.25) is 5.02 Å². The molecule has 3 nitrogen and oxygen atoms in total. The highest BCUT2D eigenvalue weighted by molar-refractivity contribution is 7.86. The van der Waals surface area contributed by atoms with Crippen LogP contribution in [-0.4, -0.2) is 9.46 Å². The van der Waals surface area contributed by atoms with Gasteiger partial charge in [0.15, 0.2) is 0 Å². The van der Waals surface area contributed by atoms with Crippen LogP contribution in [0.1, 0.15) is 13.3 Å².